The first-order valence-corrected chi connectivity index (χ1v) is 9.96. The molecule has 1 saturated heterocycles. The Hall–Kier alpha value is -2.97. The molecule has 1 aliphatic heterocycles. The Morgan fingerprint density at radius 3 is 2.66 bits per heavy atom. The van der Waals surface area contributed by atoms with Crippen LogP contribution in [-0.4, -0.2) is 48.5 Å². The number of aromatic hydroxyl groups is 1. The minimum Gasteiger partial charge on any atom is -0.507 e. The highest BCUT2D eigenvalue weighted by Crippen LogP contribution is 2.36. The second-order valence-electron chi connectivity index (χ2n) is 6.91. The lowest BCUT2D eigenvalue weighted by atomic mass is 9.99. The first kappa shape index (κ1) is 19.4. The van der Waals surface area contributed by atoms with E-state index < -0.39 is 5.63 Å². The standard InChI is InChI=1S/C21H19NO6S/c1-11-9-13-12(2)17(21(26)28-19(13)14(10-23)18(11)24)15-3-4-16(29-15)20(25)22-5-7-27-8-6-22/h3-4,9-10,24H,5-8H2,1-2H3. The van der Waals surface area contributed by atoms with Crippen LogP contribution in [0.5, 0.6) is 5.75 Å². The van der Waals surface area contributed by atoms with Crippen molar-refractivity contribution in [3.05, 3.63) is 50.2 Å². The molecule has 0 saturated carbocycles. The summed E-state index contributed by atoms with van der Waals surface area (Å²) in [5.74, 6) is -0.284. The molecule has 1 N–H and O–H groups in total. The molecule has 1 aromatic carbocycles. The van der Waals surface area contributed by atoms with Crippen LogP contribution in [0.1, 0.15) is 31.2 Å². The van der Waals surface area contributed by atoms with Crippen molar-refractivity contribution in [3.8, 4) is 16.2 Å². The number of rotatable bonds is 3. The fraction of sp³-hybridized carbons (Fsp3) is 0.286. The number of thiophene rings is 1. The minimum absolute atomic E-state index is 0.0406. The summed E-state index contributed by atoms with van der Waals surface area (Å²) in [7, 11) is 0. The van der Waals surface area contributed by atoms with Gasteiger partial charge in [-0.15, -0.1) is 11.3 Å². The molecule has 4 rings (SSSR count). The number of amides is 1. The van der Waals surface area contributed by atoms with Gasteiger partial charge in [-0.25, -0.2) is 4.79 Å². The predicted molar refractivity (Wildman–Crippen MR) is 109 cm³/mol. The highest BCUT2D eigenvalue weighted by atomic mass is 32.1. The number of fused-ring (bicyclic) bond motifs is 1. The number of carbonyl (C=O) groups excluding carboxylic acids is 2. The predicted octanol–water partition coefficient (Wildman–Crippen LogP) is 3.13. The number of phenols is 1. The van der Waals surface area contributed by atoms with Crippen molar-refractivity contribution in [2.75, 3.05) is 26.3 Å². The zero-order valence-corrected chi connectivity index (χ0v) is 16.8. The van der Waals surface area contributed by atoms with Gasteiger partial charge in [0.25, 0.3) is 5.91 Å². The van der Waals surface area contributed by atoms with Crippen LogP contribution in [0.15, 0.2) is 27.4 Å². The molecule has 1 aliphatic rings. The van der Waals surface area contributed by atoms with Crippen molar-refractivity contribution >= 4 is 34.5 Å². The van der Waals surface area contributed by atoms with Gasteiger partial charge in [0.2, 0.25) is 0 Å². The summed E-state index contributed by atoms with van der Waals surface area (Å²) in [6, 6.07) is 5.13. The number of nitrogens with zero attached hydrogens (tertiary/aromatic N) is 1. The smallest absolute Gasteiger partial charge is 0.345 e. The SMILES string of the molecule is Cc1cc2c(C)c(-c3ccc(C(=O)N4CCOCC4)s3)c(=O)oc2c(C=O)c1O. The van der Waals surface area contributed by atoms with E-state index in [9.17, 15) is 19.5 Å². The highest BCUT2D eigenvalue weighted by Gasteiger charge is 2.23. The number of hydrogen-bond donors (Lipinski definition) is 1. The number of hydrogen-bond acceptors (Lipinski definition) is 7. The van der Waals surface area contributed by atoms with E-state index in [1.807, 2.05) is 0 Å². The monoisotopic (exact) mass is 413 g/mol. The highest BCUT2D eigenvalue weighted by molar-refractivity contribution is 7.17. The zero-order valence-electron chi connectivity index (χ0n) is 16.0. The molecular formula is C21H19NO6S. The van der Waals surface area contributed by atoms with Crippen molar-refractivity contribution < 1.29 is 23.8 Å². The number of carbonyl (C=O) groups is 2. The van der Waals surface area contributed by atoms with Crippen LogP contribution in [0.25, 0.3) is 21.4 Å². The van der Waals surface area contributed by atoms with E-state index in [0.717, 1.165) is 0 Å². The number of phenolic OH excluding ortho intramolecular Hbond substituents is 1. The van der Waals surface area contributed by atoms with Gasteiger partial charge in [-0.2, -0.15) is 0 Å². The molecule has 0 radical (unpaired) electrons. The van der Waals surface area contributed by atoms with Gasteiger partial charge in [0.15, 0.2) is 11.9 Å². The topological polar surface area (TPSA) is 97.0 Å². The van der Waals surface area contributed by atoms with Gasteiger partial charge in [-0.1, -0.05) is 0 Å². The summed E-state index contributed by atoms with van der Waals surface area (Å²) in [5, 5.41) is 10.7. The molecular weight excluding hydrogens is 394 g/mol. The Labute approximate surface area is 170 Å². The first-order chi connectivity index (χ1) is 13.9. The lowest BCUT2D eigenvalue weighted by Crippen LogP contribution is -2.40. The summed E-state index contributed by atoms with van der Waals surface area (Å²) in [5.41, 5.74) is 0.905. The molecule has 2 aromatic heterocycles. The number of aryl methyl sites for hydroxylation is 2. The summed E-state index contributed by atoms with van der Waals surface area (Å²) >= 11 is 1.23. The summed E-state index contributed by atoms with van der Waals surface area (Å²) in [4.78, 5) is 39.8. The lowest BCUT2D eigenvalue weighted by molar-refractivity contribution is 0.0306. The maximum Gasteiger partial charge on any atom is 0.345 e. The Balaban J connectivity index is 1.82. The largest absolute Gasteiger partial charge is 0.507 e. The fourth-order valence-electron chi connectivity index (χ4n) is 3.54. The van der Waals surface area contributed by atoms with Crippen LogP contribution < -0.4 is 5.63 Å². The van der Waals surface area contributed by atoms with E-state index in [1.165, 1.54) is 11.3 Å². The molecule has 3 heterocycles. The Kier molecular flexibility index (Phi) is 4.97. The van der Waals surface area contributed by atoms with Crippen LogP contribution in [-0.2, 0) is 4.74 Å². The average Bonchev–Trinajstić information content (AvgIpc) is 3.20. The molecule has 7 nitrogen and oxygen atoms in total. The maximum absolute atomic E-state index is 12.7. The normalized spacial score (nSPS) is 14.3. The Bertz CT molecular complexity index is 1190. The van der Waals surface area contributed by atoms with E-state index >= 15 is 0 Å². The van der Waals surface area contributed by atoms with Crippen LogP contribution in [0.2, 0.25) is 0 Å². The van der Waals surface area contributed by atoms with Gasteiger partial charge in [-0.05, 0) is 43.2 Å². The van der Waals surface area contributed by atoms with E-state index in [0.29, 0.717) is 64.4 Å². The number of aldehydes is 1. The van der Waals surface area contributed by atoms with Crippen molar-refractivity contribution in [1.29, 1.82) is 0 Å². The molecule has 1 fully saturated rings. The minimum atomic E-state index is -0.617. The lowest BCUT2D eigenvalue weighted by Gasteiger charge is -2.26. The number of ether oxygens (including phenoxy) is 1. The van der Waals surface area contributed by atoms with Gasteiger partial charge in [0, 0.05) is 23.4 Å². The van der Waals surface area contributed by atoms with Gasteiger partial charge in [0.1, 0.15) is 5.75 Å². The zero-order chi connectivity index (χ0) is 20.7. The number of morpholine rings is 1. The van der Waals surface area contributed by atoms with Gasteiger partial charge in [-0.3, -0.25) is 9.59 Å². The molecule has 29 heavy (non-hydrogen) atoms. The summed E-state index contributed by atoms with van der Waals surface area (Å²) in [6.07, 6.45) is 0.483. The Morgan fingerprint density at radius 1 is 1.24 bits per heavy atom. The fourth-order valence-corrected chi connectivity index (χ4v) is 4.60. The van der Waals surface area contributed by atoms with E-state index in [1.54, 1.807) is 36.9 Å². The third kappa shape index (κ3) is 3.24. The molecule has 1 amide bonds. The van der Waals surface area contributed by atoms with E-state index in [4.69, 9.17) is 9.15 Å². The molecule has 3 aromatic rings. The molecule has 0 bridgehead atoms. The van der Waals surface area contributed by atoms with Gasteiger partial charge in [0.05, 0.1) is 29.2 Å². The van der Waals surface area contributed by atoms with Gasteiger partial charge < -0.3 is 19.2 Å². The van der Waals surface area contributed by atoms with Crippen molar-refractivity contribution in [1.82, 2.24) is 4.90 Å². The second-order valence-corrected chi connectivity index (χ2v) is 7.99. The molecule has 0 spiro atoms. The summed E-state index contributed by atoms with van der Waals surface area (Å²) < 4.78 is 10.7. The molecule has 150 valence electrons. The van der Waals surface area contributed by atoms with E-state index in [2.05, 4.69) is 0 Å². The molecule has 0 aliphatic carbocycles. The van der Waals surface area contributed by atoms with Crippen LogP contribution >= 0.6 is 11.3 Å². The van der Waals surface area contributed by atoms with Gasteiger partial charge >= 0.3 is 5.63 Å². The third-order valence-electron chi connectivity index (χ3n) is 5.14. The summed E-state index contributed by atoms with van der Waals surface area (Å²) in [6.45, 7) is 5.56. The molecule has 0 atom stereocenters. The number of benzene rings is 1. The Morgan fingerprint density at radius 2 is 1.97 bits per heavy atom. The van der Waals surface area contributed by atoms with Crippen molar-refractivity contribution in [2.24, 2.45) is 0 Å². The van der Waals surface area contributed by atoms with Crippen LogP contribution in [0.3, 0.4) is 0 Å². The van der Waals surface area contributed by atoms with E-state index in [-0.39, 0.29) is 22.8 Å². The third-order valence-corrected chi connectivity index (χ3v) is 6.23. The maximum atomic E-state index is 12.7. The average molecular weight is 413 g/mol. The quantitative estimate of drug-likeness (QED) is 0.523. The first-order valence-electron chi connectivity index (χ1n) is 9.14. The van der Waals surface area contributed by atoms with Crippen LogP contribution in [0.4, 0.5) is 0 Å². The van der Waals surface area contributed by atoms with Crippen molar-refractivity contribution in [3.63, 3.8) is 0 Å². The van der Waals surface area contributed by atoms with Crippen LogP contribution in [0, 0.1) is 13.8 Å². The second kappa shape index (κ2) is 7.46. The van der Waals surface area contributed by atoms with Crippen molar-refractivity contribution in [2.45, 2.75) is 13.8 Å². The molecule has 8 heteroatoms. The molecule has 0 unspecified atom stereocenters.